The molecule has 0 radical (unpaired) electrons. The molecule has 0 atom stereocenters. The number of amides is 1. The number of amidine groups is 1. The Labute approximate surface area is 155 Å². The van der Waals surface area contributed by atoms with E-state index in [1.807, 2.05) is 56.3 Å². The maximum absolute atomic E-state index is 12.2. The van der Waals surface area contributed by atoms with Crippen LogP contribution in [0.25, 0.3) is 0 Å². The van der Waals surface area contributed by atoms with Crippen molar-refractivity contribution in [1.82, 2.24) is 0 Å². The first-order valence-electron chi connectivity index (χ1n) is 8.76. The lowest BCUT2D eigenvalue weighted by Gasteiger charge is -2.16. The molecular weight excluding hydrogens is 326 g/mol. The Kier molecular flexibility index (Phi) is 6.78. The van der Waals surface area contributed by atoms with Crippen LogP contribution >= 0.6 is 0 Å². The van der Waals surface area contributed by atoms with Crippen LogP contribution in [0.2, 0.25) is 0 Å². The number of hydrogen-bond acceptors (Lipinski definition) is 3. The van der Waals surface area contributed by atoms with Crippen LogP contribution in [-0.2, 0) is 16.1 Å². The summed E-state index contributed by atoms with van der Waals surface area (Å²) in [5, 5.41) is 6.77. The average molecular weight is 353 g/mol. The number of nitrogens with one attached hydrogen (secondary N) is 1. The largest absolute Gasteiger partial charge is 0.384 e. The third-order valence-electron chi connectivity index (χ3n) is 4.20. The van der Waals surface area contributed by atoms with Crippen LogP contribution in [-0.4, -0.2) is 18.3 Å². The van der Waals surface area contributed by atoms with Gasteiger partial charge < -0.3 is 15.9 Å². The van der Waals surface area contributed by atoms with Gasteiger partial charge in [0, 0.05) is 12.1 Å². The minimum atomic E-state index is -0.256. The second-order valence-electron chi connectivity index (χ2n) is 6.70. The van der Waals surface area contributed by atoms with Crippen LogP contribution in [0.1, 0.15) is 42.0 Å². The Morgan fingerprint density at radius 2 is 1.81 bits per heavy atom. The summed E-state index contributed by atoms with van der Waals surface area (Å²) in [6.45, 7) is 8.00. The molecule has 0 unspecified atom stereocenters. The number of carbonyl (C=O) groups excluding carboxylic acids is 1. The van der Waals surface area contributed by atoms with Gasteiger partial charge in [0.15, 0.2) is 6.61 Å². The fourth-order valence-corrected chi connectivity index (χ4v) is 2.73. The van der Waals surface area contributed by atoms with Crippen LogP contribution in [0, 0.1) is 13.8 Å². The third kappa shape index (κ3) is 5.34. The van der Waals surface area contributed by atoms with E-state index >= 15 is 0 Å². The highest BCUT2D eigenvalue weighted by Gasteiger charge is 2.12. The van der Waals surface area contributed by atoms with Crippen molar-refractivity contribution >= 4 is 17.4 Å². The lowest BCUT2D eigenvalue weighted by atomic mass is 9.98. The smallest absolute Gasteiger partial charge is 0.265 e. The van der Waals surface area contributed by atoms with E-state index in [0.717, 1.165) is 27.9 Å². The van der Waals surface area contributed by atoms with Crippen molar-refractivity contribution in [3.8, 4) is 0 Å². The zero-order valence-corrected chi connectivity index (χ0v) is 15.9. The number of para-hydroxylation sites is 1. The second kappa shape index (κ2) is 9.04. The Bertz CT molecular complexity index is 798. The summed E-state index contributed by atoms with van der Waals surface area (Å²) < 4.78 is 0. The number of nitrogens with two attached hydrogens (primary N) is 1. The first kappa shape index (κ1) is 19.5. The summed E-state index contributed by atoms with van der Waals surface area (Å²) in [7, 11) is 0. The molecule has 5 nitrogen and oxygen atoms in total. The van der Waals surface area contributed by atoms with Crippen molar-refractivity contribution in [2.75, 3.05) is 11.9 Å². The minimum Gasteiger partial charge on any atom is -0.384 e. The summed E-state index contributed by atoms with van der Waals surface area (Å²) in [6.07, 6.45) is 0.490. The SMILES string of the molecule is Cc1ccccc1C/C(N)=N/OCC(=O)Nc1c(C)cccc1C(C)C. The van der Waals surface area contributed by atoms with Crippen molar-refractivity contribution in [2.24, 2.45) is 10.9 Å². The molecule has 0 heterocycles. The number of rotatable bonds is 7. The van der Waals surface area contributed by atoms with E-state index in [4.69, 9.17) is 10.6 Å². The molecule has 2 rings (SSSR count). The van der Waals surface area contributed by atoms with Gasteiger partial charge in [0.25, 0.3) is 5.91 Å². The van der Waals surface area contributed by atoms with Gasteiger partial charge in [0.1, 0.15) is 5.84 Å². The highest BCUT2D eigenvalue weighted by Crippen LogP contribution is 2.27. The summed E-state index contributed by atoms with van der Waals surface area (Å²) in [5.74, 6) is 0.397. The number of hydrogen-bond donors (Lipinski definition) is 2. The van der Waals surface area contributed by atoms with Crippen molar-refractivity contribution < 1.29 is 9.63 Å². The van der Waals surface area contributed by atoms with Crippen LogP contribution in [0.5, 0.6) is 0 Å². The molecule has 3 N–H and O–H groups in total. The molecule has 0 bridgehead atoms. The molecule has 0 fully saturated rings. The monoisotopic (exact) mass is 353 g/mol. The van der Waals surface area contributed by atoms with Crippen LogP contribution in [0.4, 0.5) is 5.69 Å². The Morgan fingerprint density at radius 1 is 1.12 bits per heavy atom. The molecule has 0 spiro atoms. The van der Waals surface area contributed by atoms with Gasteiger partial charge in [-0.1, -0.05) is 61.5 Å². The Balaban J connectivity index is 1.92. The standard InChI is InChI=1S/C21H27N3O2/c1-14(2)18-11-7-9-16(4)21(18)23-20(25)13-26-24-19(22)12-17-10-6-5-8-15(17)3/h5-11,14H,12-13H2,1-4H3,(H2,22,24)(H,23,25). The molecule has 5 heteroatoms. The molecule has 26 heavy (non-hydrogen) atoms. The van der Waals surface area contributed by atoms with E-state index < -0.39 is 0 Å². The number of nitrogens with zero attached hydrogens (tertiary/aromatic N) is 1. The molecule has 0 aliphatic rings. The molecule has 0 saturated heterocycles. The summed E-state index contributed by atoms with van der Waals surface area (Å²) >= 11 is 0. The quantitative estimate of drug-likeness (QED) is 0.450. The normalized spacial score (nSPS) is 11.5. The van der Waals surface area contributed by atoms with Crippen molar-refractivity contribution in [3.05, 3.63) is 64.7 Å². The first-order chi connectivity index (χ1) is 12.4. The fraction of sp³-hybridized carbons (Fsp3) is 0.333. The molecule has 0 saturated carbocycles. The Morgan fingerprint density at radius 3 is 2.50 bits per heavy atom. The highest BCUT2D eigenvalue weighted by molar-refractivity contribution is 5.93. The van der Waals surface area contributed by atoms with E-state index in [9.17, 15) is 4.79 Å². The van der Waals surface area contributed by atoms with E-state index in [0.29, 0.717) is 18.2 Å². The molecule has 0 aliphatic carbocycles. The summed E-state index contributed by atoms with van der Waals surface area (Å²) in [6, 6.07) is 13.9. The highest BCUT2D eigenvalue weighted by atomic mass is 16.6. The van der Waals surface area contributed by atoms with Gasteiger partial charge in [-0.3, -0.25) is 4.79 Å². The van der Waals surface area contributed by atoms with Crippen molar-refractivity contribution in [3.63, 3.8) is 0 Å². The zero-order valence-electron chi connectivity index (χ0n) is 15.9. The number of oxime groups is 1. The molecule has 2 aromatic rings. The van der Waals surface area contributed by atoms with Crippen LogP contribution in [0.3, 0.4) is 0 Å². The molecular formula is C21H27N3O2. The summed E-state index contributed by atoms with van der Waals surface area (Å²) in [5.41, 5.74) is 11.1. The van der Waals surface area contributed by atoms with Crippen LogP contribution < -0.4 is 11.1 Å². The van der Waals surface area contributed by atoms with Gasteiger partial charge in [-0.2, -0.15) is 0 Å². The number of aryl methyl sites for hydroxylation is 2. The van der Waals surface area contributed by atoms with Crippen molar-refractivity contribution in [1.29, 1.82) is 0 Å². The second-order valence-corrected chi connectivity index (χ2v) is 6.70. The van der Waals surface area contributed by atoms with Gasteiger partial charge in [-0.05, 0) is 42.0 Å². The van der Waals surface area contributed by atoms with Gasteiger partial charge >= 0.3 is 0 Å². The number of anilines is 1. The predicted molar refractivity (Wildman–Crippen MR) is 106 cm³/mol. The molecule has 2 aromatic carbocycles. The minimum absolute atomic E-state index is 0.180. The molecule has 0 aliphatic heterocycles. The zero-order chi connectivity index (χ0) is 19.1. The van der Waals surface area contributed by atoms with Gasteiger partial charge in [0.2, 0.25) is 0 Å². The average Bonchev–Trinajstić information content (AvgIpc) is 2.58. The topological polar surface area (TPSA) is 76.7 Å². The van der Waals surface area contributed by atoms with Crippen molar-refractivity contribution in [2.45, 2.75) is 40.0 Å². The van der Waals surface area contributed by atoms with Gasteiger partial charge in [-0.15, -0.1) is 0 Å². The lowest BCUT2D eigenvalue weighted by Crippen LogP contribution is -2.21. The fourth-order valence-electron chi connectivity index (χ4n) is 2.73. The predicted octanol–water partition coefficient (Wildman–Crippen LogP) is 3.90. The maximum atomic E-state index is 12.2. The number of benzene rings is 2. The molecule has 1 amide bonds. The van der Waals surface area contributed by atoms with E-state index in [-0.39, 0.29) is 12.5 Å². The van der Waals surface area contributed by atoms with E-state index in [1.165, 1.54) is 0 Å². The van der Waals surface area contributed by atoms with E-state index in [2.05, 4.69) is 24.3 Å². The summed E-state index contributed by atoms with van der Waals surface area (Å²) in [4.78, 5) is 17.3. The third-order valence-corrected chi connectivity index (χ3v) is 4.20. The molecule has 138 valence electrons. The maximum Gasteiger partial charge on any atom is 0.265 e. The molecule has 0 aromatic heterocycles. The number of carbonyl (C=O) groups is 1. The van der Waals surface area contributed by atoms with Gasteiger partial charge in [-0.25, -0.2) is 0 Å². The van der Waals surface area contributed by atoms with E-state index in [1.54, 1.807) is 0 Å². The Hall–Kier alpha value is -2.82. The first-order valence-corrected chi connectivity index (χ1v) is 8.76. The lowest BCUT2D eigenvalue weighted by molar-refractivity contribution is -0.120. The van der Waals surface area contributed by atoms with Crippen LogP contribution in [0.15, 0.2) is 47.6 Å². The van der Waals surface area contributed by atoms with Gasteiger partial charge in [0.05, 0.1) is 0 Å².